The molecule has 0 amide bonds. The van der Waals surface area contributed by atoms with Crippen molar-refractivity contribution in [2.45, 2.75) is 42.4 Å². The summed E-state index contributed by atoms with van der Waals surface area (Å²) in [6, 6.07) is 70.7. The molecule has 8 aromatic heterocycles. The van der Waals surface area contributed by atoms with Gasteiger partial charge in [-0.15, -0.1) is 11.8 Å². The van der Waals surface area contributed by atoms with Crippen LogP contribution in [0.15, 0.2) is 258 Å². The number of nitrogens with one attached hydrogen (secondary N) is 12. The van der Waals surface area contributed by atoms with E-state index in [1.165, 1.54) is 33.0 Å². The number of aromatic amines is 4. The lowest BCUT2D eigenvalue weighted by atomic mass is 10.2. The van der Waals surface area contributed by atoms with Gasteiger partial charge in [-0.3, -0.25) is 0 Å². The zero-order valence-electron chi connectivity index (χ0n) is 63.6. The second-order valence-corrected chi connectivity index (χ2v) is 31.8. The summed E-state index contributed by atoms with van der Waals surface area (Å²) in [6.07, 6.45) is 8.77. The van der Waals surface area contributed by atoms with Gasteiger partial charge < -0.3 is 67.2 Å². The summed E-state index contributed by atoms with van der Waals surface area (Å²) in [5.41, 5.74) is 16.1. The van der Waals surface area contributed by atoms with Crippen molar-refractivity contribution in [2.24, 2.45) is 0 Å². The van der Waals surface area contributed by atoms with Crippen LogP contribution >= 0.6 is 11.8 Å². The average molecular weight is 1590 g/mol. The van der Waals surface area contributed by atoms with E-state index >= 15 is 0 Å². The number of thioether (sulfide) groups is 1. The fraction of sp³-hybridized carbons (Fsp3) is 0.131. The Morgan fingerprint density at radius 1 is 0.400 bits per heavy atom. The Morgan fingerprint density at radius 3 is 1.10 bits per heavy atom. The predicted octanol–water partition coefficient (Wildman–Crippen LogP) is 17.9. The Balaban J connectivity index is 0.000000127. The first-order valence-corrected chi connectivity index (χ1v) is 40.5. The lowest BCUT2D eigenvalue weighted by molar-refractivity contribution is 0.0730. The van der Waals surface area contributed by atoms with Crippen molar-refractivity contribution in [1.82, 2.24) is 68.4 Å². The lowest BCUT2D eigenvalue weighted by Crippen LogP contribution is -2.40. The number of aryl methyl sites for hydroxylation is 4. The van der Waals surface area contributed by atoms with Crippen LogP contribution in [0, 0.1) is 39.0 Å². The highest BCUT2D eigenvalue weighted by Gasteiger charge is 2.27. The molecule has 0 bridgehead atoms. The van der Waals surface area contributed by atoms with Gasteiger partial charge in [0.1, 0.15) is 23.3 Å². The van der Waals surface area contributed by atoms with Crippen LogP contribution < -0.4 is 42.5 Å². The number of nitrogens with zero attached hydrogens (tertiary/aromatic N) is 11. The van der Waals surface area contributed by atoms with E-state index in [0.29, 0.717) is 84.5 Å². The molecule has 28 nitrogen and oxygen atoms in total. The normalized spacial score (nSPS) is 12.2. The summed E-state index contributed by atoms with van der Waals surface area (Å²) in [6.45, 7) is 9.65. The molecule has 580 valence electrons. The average Bonchev–Trinajstić information content (AvgIpc) is 1.81. The molecule has 1 aliphatic rings. The molecule has 0 unspecified atom stereocenters. The van der Waals surface area contributed by atoms with E-state index in [-0.39, 0.29) is 9.79 Å². The van der Waals surface area contributed by atoms with Crippen LogP contribution in [0.25, 0.3) is 43.6 Å². The Kier molecular flexibility index (Phi) is 23.9. The van der Waals surface area contributed by atoms with Gasteiger partial charge >= 0.3 is 0 Å². The SMILES string of the molecule is CSc1cccc(Nc2nccc(Nc3ccc4[nH]c(C)cc4c3)n2)c1.Cc1cc2cc(Nc3ccnc(Nc4cccc(C#N)c4)n3)ccc2[nH]1.Cc1cc2cc(Nc3ccnc(Nc4cccc(S(=O)(=O)N(C)C)c4)n3)ccc2[nH]1.Cc1cc2cc(Nc3ccnc(Nc4cccc(S(=O)(=O)N5CCOCC5)c4)n3)ccc2[nH]1. The Labute approximate surface area is 668 Å². The summed E-state index contributed by atoms with van der Waals surface area (Å²) in [5, 5.41) is 39.3. The maximum absolute atomic E-state index is 12.9. The first-order valence-electron chi connectivity index (χ1n) is 36.4. The largest absolute Gasteiger partial charge is 0.379 e. The fourth-order valence-electron chi connectivity index (χ4n) is 12.5. The summed E-state index contributed by atoms with van der Waals surface area (Å²) < 4.78 is 58.5. The molecule has 0 spiro atoms. The van der Waals surface area contributed by atoms with Crippen LogP contribution in [0.4, 0.5) is 92.6 Å². The third-order valence-electron chi connectivity index (χ3n) is 17.9. The number of nitriles is 1. The number of morpholine rings is 1. The van der Waals surface area contributed by atoms with Crippen molar-refractivity contribution in [3.8, 4) is 6.07 Å². The Morgan fingerprint density at radius 2 is 0.730 bits per heavy atom. The molecule has 8 aromatic carbocycles. The van der Waals surface area contributed by atoms with Crippen LogP contribution in [0.5, 0.6) is 0 Å². The van der Waals surface area contributed by atoms with E-state index in [0.717, 1.165) is 101 Å². The van der Waals surface area contributed by atoms with Gasteiger partial charge in [0.25, 0.3) is 0 Å². The zero-order valence-corrected chi connectivity index (χ0v) is 66.1. The standard InChI is InChI=1S/C23H24N6O3S.C21H22N6O2S.C20H16N6.C20H19N5S/c1-16-13-17-14-19(5-6-21(17)25-16)26-22-7-8-24-23(28-22)27-18-3-2-4-20(15-18)33(30,31)29-9-11-32-12-10-29;1-14-11-15-12-17(7-8-19(15)23-14)24-20-9-10-22-21(26-20)25-16-5-4-6-18(13-16)30(28,29)27(2)3;1-13-9-15-11-17(5-6-18(15)23-13)24-19-7-8-22-20(26-19)25-16-4-2-3-14(10-16)12-21;1-13-10-14-11-16(6-7-18(14)22-13)23-19-8-9-21-20(25-19)24-15-4-3-5-17(12-15)26-2/h2-8,13-15,25H,9-12H2,1H3,(H2,24,26,27,28);4-13,23H,1-3H3,(H2,22,24,25,26);2-11,23H,1H3,(H2,22,24,25,26);3-12,22H,1-2H3,(H2,21,23,24,25). The van der Waals surface area contributed by atoms with E-state index < -0.39 is 20.0 Å². The third-order valence-corrected chi connectivity index (χ3v) is 22.3. The number of benzene rings is 8. The molecule has 0 atom stereocenters. The molecule has 16 aromatic rings. The van der Waals surface area contributed by atoms with Gasteiger partial charge in [0.2, 0.25) is 43.8 Å². The topological polar surface area (TPSA) is 370 Å². The quantitative estimate of drug-likeness (QED) is 0.0297. The summed E-state index contributed by atoms with van der Waals surface area (Å²) in [4.78, 5) is 49.9. The predicted molar refractivity (Wildman–Crippen MR) is 459 cm³/mol. The highest BCUT2D eigenvalue weighted by atomic mass is 32.2. The molecule has 1 saturated heterocycles. The van der Waals surface area contributed by atoms with Gasteiger partial charge in [-0.1, -0.05) is 24.3 Å². The fourth-order valence-corrected chi connectivity index (χ4v) is 15.3. The van der Waals surface area contributed by atoms with Crippen molar-refractivity contribution >= 4 is 168 Å². The monoisotopic (exact) mass is 1590 g/mol. The molecular formula is C84H81N23O5S3. The number of rotatable bonds is 21. The summed E-state index contributed by atoms with van der Waals surface area (Å²) in [7, 11) is -4.10. The Bertz CT molecular complexity index is 6440. The first kappa shape index (κ1) is 78.0. The minimum Gasteiger partial charge on any atom is -0.379 e. The van der Waals surface area contributed by atoms with Crippen LogP contribution in [0.3, 0.4) is 0 Å². The number of anilines is 16. The molecule has 0 aliphatic carbocycles. The minimum atomic E-state index is -3.58. The van der Waals surface area contributed by atoms with Crippen molar-refractivity contribution in [1.29, 1.82) is 5.26 Å². The van der Waals surface area contributed by atoms with Gasteiger partial charge in [-0.05, 0) is 228 Å². The van der Waals surface area contributed by atoms with Crippen LogP contribution in [-0.2, 0) is 24.8 Å². The first-order chi connectivity index (χ1) is 55.7. The van der Waals surface area contributed by atoms with Crippen LogP contribution in [0.1, 0.15) is 28.3 Å². The second kappa shape index (κ2) is 35.3. The minimum absolute atomic E-state index is 0.196. The molecular weight excluding hydrogens is 1510 g/mol. The summed E-state index contributed by atoms with van der Waals surface area (Å²) >= 11 is 1.71. The molecule has 9 heterocycles. The number of aromatic nitrogens is 12. The van der Waals surface area contributed by atoms with Gasteiger partial charge in [0.15, 0.2) is 0 Å². The third kappa shape index (κ3) is 20.3. The maximum atomic E-state index is 12.9. The molecule has 17 rings (SSSR count). The molecule has 1 aliphatic heterocycles. The molecule has 31 heteroatoms. The molecule has 12 N–H and O–H groups in total. The maximum Gasteiger partial charge on any atom is 0.243 e. The number of hydrogen-bond donors (Lipinski definition) is 12. The molecule has 1 fully saturated rings. The molecule has 115 heavy (non-hydrogen) atoms. The second-order valence-electron chi connectivity index (χ2n) is 26.9. The van der Waals surface area contributed by atoms with E-state index in [4.69, 9.17) is 10.00 Å². The smallest absolute Gasteiger partial charge is 0.243 e. The van der Waals surface area contributed by atoms with Gasteiger partial charge in [-0.25, -0.2) is 41.1 Å². The van der Waals surface area contributed by atoms with Crippen LogP contribution in [-0.4, -0.2) is 132 Å². The Hall–Kier alpha value is -13.7. The van der Waals surface area contributed by atoms with Gasteiger partial charge in [0.05, 0.1) is 34.6 Å². The highest BCUT2D eigenvalue weighted by molar-refractivity contribution is 7.98. The van der Waals surface area contributed by atoms with Crippen molar-refractivity contribution in [2.75, 3.05) is 89.2 Å². The number of hydrogen-bond acceptors (Lipinski definition) is 23. The number of ether oxygens (including phenoxy) is 1. The summed E-state index contributed by atoms with van der Waals surface area (Å²) in [5.74, 6) is 4.42. The van der Waals surface area contributed by atoms with Crippen molar-refractivity contribution in [3.05, 3.63) is 272 Å². The molecule has 0 radical (unpaired) electrons. The zero-order chi connectivity index (χ0) is 80.0. The van der Waals surface area contributed by atoms with Crippen molar-refractivity contribution in [3.63, 3.8) is 0 Å². The van der Waals surface area contributed by atoms with Gasteiger partial charge in [0, 0.05) is 169 Å². The van der Waals surface area contributed by atoms with Gasteiger partial charge in [-0.2, -0.15) is 29.5 Å². The highest BCUT2D eigenvalue weighted by Crippen LogP contribution is 2.31. The van der Waals surface area contributed by atoms with E-state index in [9.17, 15) is 16.8 Å². The molecule has 0 saturated carbocycles. The lowest BCUT2D eigenvalue weighted by Gasteiger charge is -2.26. The van der Waals surface area contributed by atoms with Crippen molar-refractivity contribution < 1.29 is 21.6 Å². The van der Waals surface area contributed by atoms with Crippen LogP contribution in [0.2, 0.25) is 0 Å². The number of H-pyrrole nitrogens is 4. The van der Waals surface area contributed by atoms with E-state index in [1.54, 1.807) is 109 Å². The number of fused-ring (bicyclic) bond motifs is 4. The van der Waals surface area contributed by atoms with E-state index in [2.05, 4.69) is 176 Å². The number of sulfonamides is 2. The van der Waals surface area contributed by atoms with E-state index in [1.807, 2.05) is 112 Å².